The molecule has 1 aromatic carbocycles. The van der Waals surface area contributed by atoms with Gasteiger partial charge in [-0.3, -0.25) is 14.4 Å². The van der Waals surface area contributed by atoms with Crippen LogP contribution in [0.15, 0.2) is 24.3 Å². The highest BCUT2D eigenvalue weighted by molar-refractivity contribution is 6.02. The van der Waals surface area contributed by atoms with E-state index in [1.165, 1.54) is 21.3 Å². The van der Waals surface area contributed by atoms with Gasteiger partial charge in [-0.15, -0.1) is 0 Å². The minimum atomic E-state index is -1.79. The Kier molecular flexibility index (Phi) is 7.36. The van der Waals surface area contributed by atoms with Gasteiger partial charge in [-0.05, 0) is 30.9 Å². The van der Waals surface area contributed by atoms with Crippen molar-refractivity contribution in [2.45, 2.75) is 25.7 Å². The third-order valence-corrected chi connectivity index (χ3v) is 5.51. The van der Waals surface area contributed by atoms with Crippen molar-refractivity contribution in [1.82, 2.24) is 0 Å². The monoisotopic (exact) mass is 406 g/mol. The number of benzene rings is 1. The van der Waals surface area contributed by atoms with Crippen molar-refractivity contribution in [2.75, 3.05) is 27.9 Å². The molecule has 8 heteroatoms. The molecule has 0 radical (unpaired) electrons. The van der Waals surface area contributed by atoms with Crippen LogP contribution >= 0.6 is 0 Å². The number of hydrogen-bond donors (Lipinski definition) is 0. The summed E-state index contributed by atoms with van der Waals surface area (Å²) >= 11 is 0. The summed E-state index contributed by atoms with van der Waals surface area (Å²) in [5.74, 6) is -4.09. The summed E-state index contributed by atoms with van der Waals surface area (Å²) in [6, 6.07) is 6.82. The van der Waals surface area contributed by atoms with Crippen LogP contribution in [0.5, 0.6) is 5.75 Å². The minimum absolute atomic E-state index is 0.0860. The van der Waals surface area contributed by atoms with Crippen molar-refractivity contribution < 1.29 is 38.1 Å². The molecule has 1 fully saturated rings. The van der Waals surface area contributed by atoms with Gasteiger partial charge in [0.2, 0.25) is 0 Å². The highest BCUT2D eigenvalue weighted by Gasteiger charge is 2.65. The maximum absolute atomic E-state index is 12.9. The second-order valence-corrected chi connectivity index (χ2v) is 6.86. The van der Waals surface area contributed by atoms with Crippen LogP contribution in [0, 0.1) is 17.3 Å². The van der Waals surface area contributed by atoms with Crippen LogP contribution in [-0.4, -0.2) is 52.1 Å². The average Bonchev–Trinajstić information content (AvgIpc) is 3.06. The Hall–Kier alpha value is -2.90. The summed E-state index contributed by atoms with van der Waals surface area (Å²) in [5.41, 5.74) is -1.30. The highest BCUT2D eigenvalue weighted by atomic mass is 16.5. The Morgan fingerprint density at radius 3 is 2.24 bits per heavy atom. The molecular weight excluding hydrogens is 380 g/mol. The molecule has 3 atom stereocenters. The van der Waals surface area contributed by atoms with Crippen molar-refractivity contribution in [3.63, 3.8) is 0 Å². The molecule has 0 bridgehead atoms. The van der Waals surface area contributed by atoms with E-state index in [0.717, 1.165) is 0 Å². The van der Waals surface area contributed by atoms with Gasteiger partial charge in [0.05, 0.1) is 27.9 Å². The number of esters is 3. The topological polar surface area (TPSA) is 105 Å². The smallest absolute Gasteiger partial charge is 0.323 e. The molecule has 1 aromatic rings. The lowest BCUT2D eigenvalue weighted by Gasteiger charge is -2.32. The Balaban J connectivity index is 2.69. The predicted octanol–water partition coefficient (Wildman–Crippen LogP) is 1.90. The predicted molar refractivity (Wildman–Crippen MR) is 101 cm³/mol. The minimum Gasteiger partial charge on any atom is -0.496 e. The number of aldehydes is 1. The third-order valence-electron chi connectivity index (χ3n) is 5.51. The van der Waals surface area contributed by atoms with Crippen molar-refractivity contribution >= 4 is 24.2 Å². The largest absolute Gasteiger partial charge is 0.496 e. The zero-order valence-corrected chi connectivity index (χ0v) is 17.0. The fraction of sp³-hybridized carbons (Fsp3) is 0.524. The van der Waals surface area contributed by atoms with Crippen LogP contribution in [-0.2, 0) is 33.4 Å². The number of ether oxygens (including phenoxy) is 4. The van der Waals surface area contributed by atoms with Crippen molar-refractivity contribution in [1.29, 1.82) is 0 Å². The van der Waals surface area contributed by atoms with E-state index in [-0.39, 0.29) is 19.4 Å². The molecule has 0 aromatic heterocycles. The zero-order chi connectivity index (χ0) is 21.6. The number of methoxy groups -OCH3 is 3. The number of carbonyl (C=O) groups is 4. The molecule has 0 amide bonds. The van der Waals surface area contributed by atoms with E-state index in [9.17, 15) is 19.2 Å². The van der Waals surface area contributed by atoms with Gasteiger partial charge in [-0.1, -0.05) is 18.2 Å². The van der Waals surface area contributed by atoms with Gasteiger partial charge in [-0.25, -0.2) is 0 Å². The standard InChI is InChI=1S/C21H26O8/c1-5-29-17(23)10-13-11-21(19(24)27-3,20(25)28-4)18(15(13)12-22)14-8-6-7-9-16(14)26-2/h6-9,12-13,15,18H,5,10-11H2,1-4H3/t13-,15+,18-/m1/s1. The summed E-state index contributed by atoms with van der Waals surface area (Å²) in [4.78, 5) is 50.2. The lowest BCUT2D eigenvalue weighted by molar-refractivity contribution is -0.170. The molecule has 0 N–H and O–H groups in total. The molecule has 0 heterocycles. The molecule has 1 aliphatic carbocycles. The van der Waals surface area contributed by atoms with Crippen molar-refractivity contribution in [2.24, 2.45) is 17.3 Å². The summed E-state index contributed by atoms with van der Waals surface area (Å²) in [7, 11) is 3.79. The first-order valence-corrected chi connectivity index (χ1v) is 9.31. The van der Waals surface area contributed by atoms with Crippen molar-refractivity contribution in [3.05, 3.63) is 29.8 Å². The quantitative estimate of drug-likeness (QED) is 0.279. The lowest BCUT2D eigenvalue weighted by Crippen LogP contribution is -2.44. The number of hydrogen-bond acceptors (Lipinski definition) is 8. The Bertz CT molecular complexity index is 756. The van der Waals surface area contributed by atoms with Gasteiger partial charge in [0.15, 0.2) is 5.41 Å². The van der Waals surface area contributed by atoms with Gasteiger partial charge < -0.3 is 23.7 Å². The number of para-hydroxylation sites is 1. The summed E-state index contributed by atoms with van der Waals surface area (Å²) in [6.07, 6.45) is 0.477. The molecule has 8 nitrogen and oxygen atoms in total. The average molecular weight is 406 g/mol. The molecule has 1 aliphatic rings. The molecule has 158 valence electrons. The van der Waals surface area contributed by atoms with E-state index in [0.29, 0.717) is 17.6 Å². The lowest BCUT2D eigenvalue weighted by atomic mass is 9.71. The van der Waals surface area contributed by atoms with E-state index in [1.54, 1.807) is 31.2 Å². The molecular formula is C21H26O8. The van der Waals surface area contributed by atoms with Gasteiger partial charge in [0, 0.05) is 18.3 Å². The third kappa shape index (κ3) is 3.97. The maximum atomic E-state index is 12.9. The van der Waals surface area contributed by atoms with Gasteiger partial charge >= 0.3 is 17.9 Å². The second-order valence-electron chi connectivity index (χ2n) is 6.86. The summed E-state index contributed by atoms with van der Waals surface area (Å²) in [6.45, 7) is 1.86. The molecule has 0 saturated heterocycles. The van der Waals surface area contributed by atoms with E-state index >= 15 is 0 Å². The summed E-state index contributed by atoms with van der Waals surface area (Å²) < 4.78 is 20.4. The van der Waals surface area contributed by atoms with Crippen LogP contribution in [0.2, 0.25) is 0 Å². The zero-order valence-electron chi connectivity index (χ0n) is 17.0. The molecule has 1 saturated carbocycles. The van der Waals surface area contributed by atoms with E-state index in [2.05, 4.69) is 0 Å². The highest BCUT2D eigenvalue weighted by Crippen LogP contribution is 2.58. The van der Waals surface area contributed by atoms with Crippen LogP contribution in [0.3, 0.4) is 0 Å². The van der Waals surface area contributed by atoms with Gasteiger partial charge in [0.1, 0.15) is 12.0 Å². The molecule has 0 spiro atoms. The molecule has 0 unspecified atom stereocenters. The normalized spacial score (nSPS) is 22.4. The second kappa shape index (κ2) is 9.54. The number of rotatable bonds is 8. The number of carbonyl (C=O) groups excluding carboxylic acids is 4. The summed E-state index contributed by atoms with van der Waals surface area (Å²) in [5, 5.41) is 0. The fourth-order valence-electron chi connectivity index (χ4n) is 4.37. The van der Waals surface area contributed by atoms with Gasteiger partial charge in [-0.2, -0.15) is 0 Å². The Morgan fingerprint density at radius 2 is 1.72 bits per heavy atom. The van der Waals surface area contributed by atoms with E-state index in [4.69, 9.17) is 18.9 Å². The maximum Gasteiger partial charge on any atom is 0.323 e. The molecule has 0 aliphatic heterocycles. The fourth-order valence-corrected chi connectivity index (χ4v) is 4.37. The molecule has 29 heavy (non-hydrogen) atoms. The van der Waals surface area contributed by atoms with E-state index in [1.807, 2.05) is 0 Å². The first-order chi connectivity index (χ1) is 13.9. The van der Waals surface area contributed by atoms with Crippen molar-refractivity contribution in [3.8, 4) is 5.75 Å². The van der Waals surface area contributed by atoms with Crippen LogP contribution < -0.4 is 4.74 Å². The van der Waals surface area contributed by atoms with Crippen LogP contribution in [0.4, 0.5) is 0 Å². The van der Waals surface area contributed by atoms with Crippen LogP contribution in [0.1, 0.15) is 31.2 Å². The van der Waals surface area contributed by atoms with E-state index < -0.39 is 41.1 Å². The Labute approximate surface area is 169 Å². The first kappa shape index (κ1) is 22.4. The Morgan fingerprint density at radius 1 is 1.10 bits per heavy atom. The first-order valence-electron chi connectivity index (χ1n) is 9.31. The van der Waals surface area contributed by atoms with Crippen LogP contribution in [0.25, 0.3) is 0 Å². The molecule has 2 rings (SSSR count). The van der Waals surface area contributed by atoms with Gasteiger partial charge in [0.25, 0.3) is 0 Å². The SMILES string of the molecule is CCOC(=O)C[C@@H]1CC(C(=O)OC)(C(=O)OC)[C@H](c2ccccc2OC)[C@H]1C=O.